The van der Waals surface area contributed by atoms with Crippen LogP contribution < -0.4 is 5.32 Å². The predicted molar refractivity (Wildman–Crippen MR) is 133 cm³/mol. The van der Waals surface area contributed by atoms with Gasteiger partial charge in [0.05, 0.1) is 17.2 Å². The Balaban J connectivity index is 1.40. The molecule has 1 N–H and O–H groups in total. The number of nitrogens with one attached hydrogen (secondary N) is 1. The van der Waals surface area contributed by atoms with Crippen LogP contribution in [0.25, 0.3) is 22.6 Å². The fourth-order valence-electron chi connectivity index (χ4n) is 4.32. The molecule has 9 nitrogen and oxygen atoms in total. The summed E-state index contributed by atoms with van der Waals surface area (Å²) < 4.78 is 7.23. The largest absolute Gasteiger partial charge is 0.373 e. The van der Waals surface area contributed by atoms with E-state index in [0.717, 1.165) is 35.3 Å². The van der Waals surface area contributed by atoms with Gasteiger partial charge in [-0.3, -0.25) is 9.48 Å². The number of aromatic nitrogens is 5. The number of hydrogen-bond acceptors (Lipinski definition) is 7. The molecular formula is C26H29N7O2. The highest BCUT2D eigenvalue weighted by Crippen LogP contribution is 2.50. The smallest absolute Gasteiger partial charge is 0.261 e. The lowest BCUT2D eigenvalue weighted by molar-refractivity contribution is -0.129. The molecule has 3 aromatic heterocycles. The van der Waals surface area contributed by atoms with Crippen molar-refractivity contribution in [3.05, 3.63) is 66.4 Å². The number of hydrogen-bond donors (Lipinski definition) is 1. The Morgan fingerprint density at radius 2 is 1.86 bits per heavy atom. The average molecular weight is 472 g/mol. The number of carbonyl (C=O) groups excluding carboxylic acids is 1. The first kappa shape index (κ1) is 22.8. The monoisotopic (exact) mass is 471 g/mol. The van der Waals surface area contributed by atoms with Crippen molar-refractivity contribution < 1.29 is 9.32 Å². The van der Waals surface area contributed by atoms with Crippen LogP contribution in [0.3, 0.4) is 0 Å². The van der Waals surface area contributed by atoms with E-state index in [9.17, 15) is 4.79 Å². The maximum Gasteiger partial charge on any atom is 0.261 e. The van der Waals surface area contributed by atoms with Gasteiger partial charge < -0.3 is 14.7 Å². The highest BCUT2D eigenvalue weighted by molar-refractivity contribution is 5.75. The van der Waals surface area contributed by atoms with Crippen molar-refractivity contribution >= 4 is 11.7 Å². The van der Waals surface area contributed by atoms with Gasteiger partial charge in [0.15, 0.2) is 5.82 Å². The van der Waals surface area contributed by atoms with Crippen LogP contribution in [0.5, 0.6) is 0 Å². The molecule has 0 spiro atoms. The summed E-state index contributed by atoms with van der Waals surface area (Å²) in [6.07, 6.45) is 7.54. The zero-order valence-corrected chi connectivity index (χ0v) is 20.4. The summed E-state index contributed by atoms with van der Waals surface area (Å²) in [5.74, 6) is 2.33. The zero-order chi connectivity index (χ0) is 24.6. The number of nitrogens with zero attached hydrogens (tertiary/aromatic N) is 6. The molecule has 1 aliphatic rings. The molecule has 4 aromatic rings. The summed E-state index contributed by atoms with van der Waals surface area (Å²) in [5.41, 5.74) is 3.67. The van der Waals surface area contributed by atoms with E-state index < -0.39 is 0 Å². The first-order valence-corrected chi connectivity index (χ1v) is 11.7. The molecular weight excluding hydrogens is 442 g/mol. The number of rotatable bonds is 8. The predicted octanol–water partition coefficient (Wildman–Crippen LogP) is 3.84. The Morgan fingerprint density at radius 1 is 1.11 bits per heavy atom. The maximum absolute atomic E-state index is 12.0. The molecule has 1 fully saturated rings. The number of pyridine rings is 1. The van der Waals surface area contributed by atoms with Crippen LogP contribution in [0.15, 0.2) is 59.5 Å². The summed E-state index contributed by atoms with van der Waals surface area (Å²) >= 11 is 0. The van der Waals surface area contributed by atoms with E-state index in [-0.39, 0.29) is 17.9 Å². The molecule has 5 rings (SSSR count). The third-order valence-electron chi connectivity index (χ3n) is 6.80. The van der Waals surface area contributed by atoms with Crippen molar-refractivity contribution in [2.75, 3.05) is 26.5 Å². The van der Waals surface area contributed by atoms with Gasteiger partial charge in [0.2, 0.25) is 5.91 Å². The van der Waals surface area contributed by atoms with Crippen LogP contribution >= 0.6 is 0 Å². The standard InChI is InChI=1S/C26H29N7O2/c1-26(21-10-11-21,20-8-5-17(6-9-20)18-7-12-22(27-2)28-13-18)25-30-24(35-31-25)19-14-29-33(15-19)16-23(34)32(3)4/h5-9,12-15,21H,10-11,16H2,1-4H3,(H,27,28). The number of anilines is 1. The fourth-order valence-corrected chi connectivity index (χ4v) is 4.32. The Labute approximate surface area is 204 Å². The number of amides is 1. The van der Waals surface area contributed by atoms with Crippen LogP contribution in [-0.4, -0.2) is 56.9 Å². The lowest BCUT2D eigenvalue weighted by Gasteiger charge is -2.27. The van der Waals surface area contributed by atoms with Gasteiger partial charge in [0, 0.05) is 39.1 Å². The Bertz CT molecular complexity index is 1320. The molecule has 1 atom stereocenters. The number of likely N-dealkylation sites (N-methyl/N-ethyl adjacent to an activating group) is 1. The molecule has 9 heteroatoms. The molecule has 3 heterocycles. The molecule has 180 valence electrons. The second-order valence-electron chi connectivity index (χ2n) is 9.37. The maximum atomic E-state index is 12.0. The molecule has 0 aliphatic heterocycles. The Kier molecular flexibility index (Phi) is 5.84. The minimum atomic E-state index is -0.356. The lowest BCUT2D eigenvalue weighted by Crippen LogP contribution is -2.28. The van der Waals surface area contributed by atoms with Gasteiger partial charge in [-0.2, -0.15) is 10.1 Å². The zero-order valence-electron chi connectivity index (χ0n) is 20.4. The van der Waals surface area contributed by atoms with E-state index in [1.807, 2.05) is 19.3 Å². The van der Waals surface area contributed by atoms with Crippen molar-refractivity contribution in [1.82, 2.24) is 29.8 Å². The highest BCUT2D eigenvalue weighted by atomic mass is 16.5. The van der Waals surface area contributed by atoms with Gasteiger partial charge in [-0.1, -0.05) is 29.4 Å². The van der Waals surface area contributed by atoms with Gasteiger partial charge in [0.1, 0.15) is 12.4 Å². The van der Waals surface area contributed by atoms with E-state index in [1.54, 1.807) is 31.2 Å². The SMILES string of the molecule is CNc1ccc(-c2ccc(C(C)(c3noc(-c4cnn(CC(=O)N(C)C)c4)n3)C3CC3)cc2)cn1. The van der Waals surface area contributed by atoms with Crippen LogP contribution in [0.2, 0.25) is 0 Å². The summed E-state index contributed by atoms with van der Waals surface area (Å²) in [5, 5.41) is 11.7. The lowest BCUT2D eigenvalue weighted by atomic mass is 9.76. The molecule has 0 bridgehead atoms. The van der Waals surface area contributed by atoms with Gasteiger partial charge in [-0.05, 0) is 48.9 Å². The van der Waals surface area contributed by atoms with Crippen molar-refractivity contribution in [3.8, 4) is 22.6 Å². The highest BCUT2D eigenvalue weighted by Gasteiger charge is 2.47. The molecule has 1 saturated carbocycles. The minimum Gasteiger partial charge on any atom is -0.373 e. The normalized spacial score (nSPS) is 15.0. The molecule has 0 radical (unpaired) electrons. The summed E-state index contributed by atoms with van der Waals surface area (Å²) in [6.45, 7) is 2.35. The first-order valence-electron chi connectivity index (χ1n) is 11.7. The van der Waals surface area contributed by atoms with Gasteiger partial charge in [-0.15, -0.1) is 0 Å². The van der Waals surface area contributed by atoms with E-state index in [1.165, 1.54) is 4.90 Å². The number of carbonyl (C=O) groups is 1. The van der Waals surface area contributed by atoms with E-state index in [2.05, 4.69) is 57.8 Å². The van der Waals surface area contributed by atoms with Crippen LogP contribution in [-0.2, 0) is 16.8 Å². The van der Waals surface area contributed by atoms with Crippen LogP contribution in [0.4, 0.5) is 5.82 Å². The third kappa shape index (κ3) is 4.41. The van der Waals surface area contributed by atoms with E-state index in [0.29, 0.717) is 23.2 Å². The molecule has 1 aromatic carbocycles. The van der Waals surface area contributed by atoms with Crippen molar-refractivity contribution in [3.63, 3.8) is 0 Å². The molecule has 1 unspecified atom stereocenters. The topological polar surface area (TPSA) is 102 Å². The molecule has 1 amide bonds. The Hall–Kier alpha value is -4.01. The average Bonchev–Trinajstić information content (AvgIpc) is 3.44. The van der Waals surface area contributed by atoms with Crippen LogP contribution in [0, 0.1) is 5.92 Å². The Morgan fingerprint density at radius 3 is 2.49 bits per heavy atom. The van der Waals surface area contributed by atoms with Crippen LogP contribution in [0.1, 0.15) is 31.2 Å². The summed E-state index contributed by atoms with van der Waals surface area (Å²) in [6, 6.07) is 12.6. The van der Waals surface area contributed by atoms with Gasteiger partial charge >= 0.3 is 0 Å². The molecule has 1 aliphatic carbocycles. The van der Waals surface area contributed by atoms with Gasteiger partial charge in [-0.25, -0.2) is 4.98 Å². The van der Waals surface area contributed by atoms with E-state index in [4.69, 9.17) is 9.51 Å². The molecule has 35 heavy (non-hydrogen) atoms. The van der Waals surface area contributed by atoms with Crippen molar-refractivity contribution in [2.45, 2.75) is 31.7 Å². The number of benzene rings is 1. The van der Waals surface area contributed by atoms with E-state index >= 15 is 0 Å². The third-order valence-corrected chi connectivity index (χ3v) is 6.80. The summed E-state index contributed by atoms with van der Waals surface area (Å²) in [7, 11) is 5.30. The van der Waals surface area contributed by atoms with Crippen molar-refractivity contribution in [2.24, 2.45) is 5.92 Å². The summed E-state index contributed by atoms with van der Waals surface area (Å²) in [4.78, 5) is 22.7. The second kappa shape index (κ2) is 8.98. The molecule has 0 saturated heterocycles. The first-order chi connectivity index (χ1) is 16.9. The fraction of sp³-hybridized carbons (Fsp3) is 0.346. The van der Waals surface area contributed by atoms with Crippen molar-refractivity contribution in [1.29, 1.82) is 0 Å². The van der Waals surface area contributed by atoms with Gasteiger partial charge in [0.25, 0.3) is 5.89 Å². The second-order valence-corrected chi connectivity index (χ2v) is 9.37. The minimum absolute atomic E-state index is 0.0376. The quantitative estimate of drug-likeness (QED) is 0.416.